The number of pyridine rings is 1. The van der Waals surface area contributed by atoms with Crippen LogP contribution in [0, 0.1) is 6.92 Å². The van der Waals surface area contributed by atoms with E-state index < -0.39 is 11.9 Å². The van der Waals surface area contributed by atoms with Crippen LogP contribution in [0.25, 0.3) is 22.3 Å². The van der Waals surface area contributed by atoms with Crippen LogP contribution in [0.1, 0.15) is 47.8 Å². The minimum absolute atomic E-state index is 0.113. The Kier molecular flexibility index (Phi) is 5.62. The van der Waals surface area contributed by atoms with E-state index in [-0.39, 0.29) is 34.3 Å². The summed E-state index contributed by atoms with van der Waals surface area (Å²) in [5.74, 6) is 0.723. The molecule has 0 spiro atoms. The van der Waals surface area contributed by atoms with E-state index in [0.717, 1.165) is 17.8 Å². The monoisotopic (exact) mass is 485 g/mol. The van der Waals surface area contributed by atoms with Crippen molar-refractivity contribution >= 4 is 11.0 Å². The molecule has 0 radical (unpaired) electrons. The molecule has 1 aliphatic heterocycles. The Hall–Kier alpha value is -3.67. The molecular weight excluding hydrogens is 463 g/mol. The van der Waals surface area contributed by atoms with Crippen molar-refractivity contribution in [3.05, 3.63) is 64.0 Å². The Morgan fingerprint density at radius 3 is 2.54 bits per heavy atom. The van der Waals surface area contributed by atoms with Crippen molar-refractivity contribution in [3.8, 4) is 11.3 Å². The van der Waals surface area contributed by atoms with E-state index in [4.69, 9.17) is 9.72 Å². The van der Waals surface area contributed by atoms with Crippen molar-refractivity contribution in [1.82, 2.24) is 34.3 Å². The molecule has 0 saturated carbocycles. The van der Waals surface area contributed by atoms with Gasteiger partial charge in [0.15, 0.2) is 5.52 Å². The lowest BCUT2D eigenvalue weighted by Crippen LogP contribution is -2.24. The van der Waals surface area contributed by atoms with Gasteiger partial charge in [0.25, 0.3) is 5.56 Å². The van der Waals surface area contributed by atoms with E-state index in [0.29, 0.717) is 36.7 Å². The standard InChI is InChI=1S/C23H22F3N7O2/c1-12-29-19-18(14-4-5-17(27-9-14)23(24,25)26)30-21(31-20(19)22(34)33(12)3)13-6-7-35-16(8-13)15-10-28-32(2)11-15/h4-5,9-11,13,16H,6-8H2,1-3H3/t13-,16+/m1/s1. The molecule has 0 unspecified atom stereocenters. The van der Waals surface area contributed by atoms with Crippen LogP contribution >= 0.6 is 0 Å². The lowest BCUT2D eigenvalue weighted by atomic mass is 9.92. The maximum absolute atomic E-state index is 13.1. The van der Waals surface area contributed by atoms with Gasteiger partial charge >= 0.3 is 6.18 Å². The number of rotatable bonds is 3. The van der Waals surface area contributed by atoms with Crippen molar-refractivity contribution in [2.45, 2.75) is 38.0 Å². The van der Waals surface area contributed by atoms with Crippen LogP contribution in [0.4, 0.5) is 13.2 Å². The predicted octanol–water partition coefficient (Wildman–Crippen LogP) is 3.48. The predicted molar refractivity (Wildman–Crippen MR) is 119 cm³/mol. The quantitative estimate of drug-likeness (QED) is 0.438. The lowest BCUT2D eigenvalue weighted by Gasteiger charge is -2.28. The normalized spacial score (nSPS) is 18.8. The number of aromatic nitrogens is 7. The number of hydrogen-bond donors (Lipinski definition) is 0. The van der Waals surface area contributed by atoms with E-state index in [1.54, 1.807) is 24.9 Å². The summed E-state index contributed by atoms with van der Waals surface area (Å²) in [5, 5.41) is 4.20. The fraction of sp³-hybridized carbons (Fsp3) is 0.391. The molecular formula is C23H22F3N7O2. The minimum Gasteiger partial charge on any atom is -0.373 e. The number of fused-ring (bicyclic) bond motifs is 1. The van der Waals surface area contributed by atoms with Gasteiger partial charge in [-0.05, 0) is 31.9 Å². The van der Waals surface area contributed by atoms with Gasteiger partial charge in [-0.1, -0.05) is 0 Å². The molecule has 9 nitrogen and oxygen atoms in total. The first-order valence-corrected chi connectivity index (χ1v) is 11.0. The first kappa shape index (κ1) is 23.1. The Morgan fingerprint density at radius 2 is 1.89 bits per heavy atom. The van der Waals surface area contributed by atoms with Gasteiger partial charge in [0.2, 0.25) is 0 Å². The molecule has 0 N–H and O–H groups in total. The molecule has 1 saturated heterocycles. The highest BCUT2D eigenvalue weighted by molar-refractivity contribution is 5.88. The SMILES string of the molecule is Cc1nc2c(-c3ccc(C(F)(F)F)nc3)nc([C@@H]3CCO[C@H](c4cnn(C)c4)C3)nc2c(=O)n1C. The molecule has 4 aromatic heterocycles. The van der Waals surface area contributed by atoms with E-state index >= 15 is 0 Å². The third-order valence-corrected chi connectivity index (χ3v) is 6.24. The summed E-state index contributed by atoms with van der Waals surface area (Å²) in [6.45, 7) is 2.13. The summed E-state index contributed by atoms with van der Waals surface area (Å²) in [4.78, 5) is 30.4. The van der Waals surface area contributed by atoms with E-state index in [1.165, 1.54) is 10.6 Å². The molecule has 5 heterocycles. The Morgan fingerprint density at radius 1 is 1.09 bits per heavy atom. The summed E-state index contributed by atoms with van der Waals surface area (Å²) >= 11 is 0. The molecule has 4 aromatic rings. The average molecular weight is 485 g/mol. The van der Waals surface area contributed by atoms with E-state index in [2.05, 4.69) is 20.1 Å². The maximum atomic E-state index is 13.1. The van der Waals surface area contributed by atoms with Crippen molar-refractivity contribution in [3.63, 3.8) is 0 Å². The van der Waals surface area contributed by atoms with Crippen molar-refractivity contribution in [2.24, 2.45) is 14.1 Å². The molecule has 182 valence electrons. The molecule has 0 amide bonds. The minimum atomic E-state index is -4.56. The van der Waals surface area contributed by atoms with Gasteiger partial charge in [0.05, 0.1) is 12.3 Å². The van der Waals surface area contributed by atoms with Crippen LogP contribution in [-0.2, 0) is 25.0 Å². The zero-order chi connectivity index (χ0) is 24.9. The number of halogens is 3. The molecule has 12 heteroatoms. The third kappa shape index (κ3) is 4.29. The van der Waals surface area contributed by atoms with E-state index in [9.17, 15) is 18.0 Å². The van der Waals surface area contributed by atoms with Crippen LogP contribution in [0.15, 0.2) is 35.5 Å². The largest absolute Gasteiger partial charge is 0.433 e. The van der Waals surface area contributed by atoms with Crippen LogP contribution in [0.5, 0.6) is 0 Å². The zero-order valence-corrected chi connectivity index (χ0v) is 19.2. The topological polar surface area (TPSA) is 101 Å². The second-order valence-electron chi connectivity index (χ2n) is 8.61. The molecule has 35 heavy (non-hydrogen) atoms. The van der Waals surface area contributed by atoms with Gasteiger partial charge < -0.3 is 4.74 Å². The number of hydrogen-bond acceptors (Lipinski definition) is 7. The molecule has 0 aliphatic carbocycles. The second kappa shape index (κ2) is 8.52. The summed E-state index contributed by atoms with van der Waals surface area (Å²) in [6, 6.07) is 2.18. The Balaban J connectivity index is 1.63. The van der Waals surface area contributed by atoms with Crippen LogP contribution in [0.3, 0.4) is 0 Å². The molecule has 0 aromatic carbocycles. The highest BCUT2D eigenvalue weighted by Crippen LogP contribution is 2.37. The van der Waals surface area contributed by atoms with Gasteiger partial charge in [-0.15, -0.1) is 0 Å². The van der Waals surface area contributed by atoms with Gasteiger partial charge in [-0.25, -0.2) is 15.0 Å². The highest BCUT2D eigenvalue weighted by atomic mass is 19.4. The molecule has 0 bridgehead atoms. The van der Waals surface area contributed by atoms with Crippen molar-refractivity contribution < 1.29 is 17.9 Å². The average Bonchev–Trinajstić information content (AvgIpc) is 3.28. The zero-order valence-electron chi connectivity index (χ0n) is 19.2. The van der Waals surface area contributed by atoms with Crippen LogP contribution in [-0.4, -0.2) is 40.9 Å². The number of nitrogens with zero attached hydrogens (tertiary/aromatic N) is 7. The van der Waals surface area contributed by atoms with Crippen LogP contribution < -0.4 is 5.56 Å². The highest BCUT2D eigenvalue weighted by Gasteiger charge is 2.33. The number of aryl methyl sites for hydroxylation is 2. The first-order valence-electron chi connectivity index (χ1n) is 11.0. The molecule has 5 rings (SSSR count). The van der Waals surface area contributed by atoms with Gasteiger partial charge in [-0.2, -0.15) is 18.3 Å². The summed E-state index contributed by atoms with van der Waals surface area (Å²) < 4.78 is 48.2. The third-order valence-electron chi connectivity index (χ3n) is 6.24. The van der Waals surface area contributed by atoms with E-state index in [1.807, 2.05) is 13.2 Å². The molecule has 1 aliphatic rings. The number of ether oxygens (including phenoxy) is 1. The fourth-order valence-corrected chi connectivity index (χ4v) is 4.23. The van der Waals surface area contributed by atoms with Crippen LogP contribution in [0.2, 0.25) is 0 Å². The second-order valence-corrected chi connectivity index (χ2v) is 8.61. The smallest absolute Gasteiger partial charge is 0.373 e. The summed E-state index contributed by atoms with van der Waals surface area (Å²) in [6.07, 6.45) is 1.16. The summed E-state index contributed by atoms with van der Waals surface area (Å²) in [7, 11) is 3.42. The lowest BCUT2D eigenvalue weighted by molar-refractivity contribution is -0.141. The van der Waals surface area contributed by atoms with Gasteiger partial charge in [0, 0.05) is 50.1 Å². The van der Waals surface area contributed by atoms with Crippen molar-refractivity contribution in [1.29, 1.82) is 0 Å². The Labute approximate surface area is 197 Å². The number of alkyl halides is 3. The van der Waals surface area contributed by atoms with Gasteiger partial charge in [-0.3, -0.25) is 19.0 Å². The first-order chi connectivity index (χ1) is 16.6. The molecule has 1 fully saturated rings. The summed E-state index contributed by atoms with van der Waals surface area (Å²) in [5.41, 5.74) is 0.503. The fourth-order valence-electron chi connectivity index (χ4n) is 4.23. The maximum Gasteiger partial charge on any atom is 0.433 e. The molecule has 2 atom stereocenters. The van der Waals surface area contributed by atoms with Gasteiger partial charge in [0.1, 0.15) is 28.6 Å². The Bertz CT molecular complexity index is 1460. The van der Waals surface area contributed by atoms with Crippen molar-refractivity contribution in [2.75, 3.05) is 6.61 Å².